The number of nitrogens with one attached hydrogen (secondary N) is 2. The molecule has 0 bridgehead atoms. The summed E-state index contributed by atoms with van der Waals surface area (Å²) in [7, 11) is -3.94. The predicted molar refractivity (Wildman–Crippen MR) is 121 cm³/mol. The van der Waals surface area contributed by atoms with Crippen molar-refractivity contribution in [3.8, 4) is 0 Å². The second-order valence-corrected chi connectivity index (χ2v) is 10.3. The zero-order valence-corrected chi connectivity index (χ0v) is 19.6. The van der Waals surface area contributed by atoms with Gasteiger partial charge in [0.05, 0.1) is 19.0 Å². The summed E-state index contributed by atoms with van der Waals surface area (Å²) in [4.78, 5) is 36.4. The predicted octanol–water partition coefficient (Wildman–Crippen LogP) is 1.99. The Bertz CT molecular complexity index is 1250. The molecule has 3 rings (SSSR count). The lowest BCUT2D eigenvalue weighted by atomic mass is 10.1. The van der Waals surface area contributed by atoms with Gasteiger partial charge in [-0.05, 0) is 45.0 Å². The quantitative estimate of drug-likeness (QED) is 0.306. The van der Waals surface area contributed by atoms with Gasteiger partial charge < -0.3 is 20.1 Å². The number of rotatable bonds is 10. The number of carbonyl (C=O) groups excluding carboxylic acids is 1. The Hall–Kier alpha value is -3.41. The van der Waals surface area contributed by atoms with Crippen LogP contribution in [-0.4, -0.2) is 54.5 Å². The van der Waals surface area contributed by atoms with Crippen molar-refractivity contribution in [1.82, 2.24) is 29.7 Å². The van der Waals surface area contributed by atoms with Gasteiger partial charge in [0.15, 0.2) is 11.5 Å². The Balaban J connectivity index is 1.75. The molecule has 182 valence electrons. The van der Waals surface area contributed by atoms with E-state index < -0.39 is 43.1 Å². The van der Waals surface area contributed by atoms with Crippen LogP contribution < -0.4 is 15.9 Å². The first-order chi connectivity index (χ1) is 15.9. The zero-order chi connectivity index (χ0) is 25.1. The number of hydrogen-bond donors (Lipinski definition) is 4. The van der Waals surface area contributed by atoms with Crippen molar-refractivity contribution in [2.45, 2.75) is 39.0 Å². The summed E-state index contributed by atoms with van der Waals surface area (Å²) in [6.07, 6.45) is 1.76. The van der Waals surface area contributed by atoms with E-state index in [1.807, 2.05) is 0 Å². The van der Waals surface area contributed by atoms with Gasteiger partial charge in [-0.1, -0.05) is 0 Å². The van der Waals surface area contributed by atoms with Crippen LogP contribution in [0, 0.1) is 5.82 Å². The molecule has 2 atom stereocenters. The maximum absolute atomic E-state index is 13.6. The monoisotopic (exact) mass is 493 g/mol. The first-order valence-electron chi connectivity index (χ1n) is 10.1. The number of anilines is 1. The molecule has 5 N–H and O–H groups in total. The number of aliphatic carboxylic acids is 1. The molecule has 0 aliphatic heterocycles. The highest BCUT2D eigenvalue weighted by Gasteiger charge is 2.37. The minimum absolute atomic E-state index is 0.0479. The number of benzene rings is 1. The smallest absolute Gasteiger partial charge is 0.323 e. The third-order valence-corrected chi connectivity index (χ3v) is 6.80. The van der Waals surface area contributed by atoms with Gasteiger partial charge in [0, 0.05) is 5.56 Å². The highest BCUT2D eigenvalue weighted by molar-refractivity contribution is 7.60. The van der Waals surface area contributed by atoms with E-state index in [9.17, 15) is 23.7 Å². The number of nitrogens with zero attached hydrogens (tertiary/aromatic N) is 4. The van der Waals surface area contributed by atoms with E-state index in [0.29, 0.717) is 11.2 Å². The third-order valence-electron chi connectivity index (χ3n) is 4.81. The molecule has 12 nitrogen and oxygen atoms in total. The number of ether oxygens (including phenoxy) is 1. The number of hydrogen-bond acceptors (Lipinski definition) is 8. The molecule has 3 aromatic rings. The molecule has 0 aliphatic rings. The van der Waals surface area contributed by atoms with Crippen molar-refractivity contribution in [2.75, 3.05) is 12.1 Å². The fourth-order valence-electron chi connectivity index (χ4n) is 3.02. The fraction of sp³-hybridized carbons (Fsp3) is 0.350. The number of imidazole rings is 1. The van der Waals surface area contributed by atoms with Gasteiger partial charge in [0.25, 0.3) is 13.4 Å². The number of carbonyl (C=O) groups is 2. The van der Waals surface area contributed by atoms with Gasteiger partial charge in [-0.25, -0.2) is 24.4 Å². The SMILES string of the molecule is CC(Cn1cnc2c(N)ncnc21)OCP(=O)(NC(=O)c1ccc(F)cc1)NC(C)(C)C(=O)O. The Labute approximate surface area is 194 Å². The maximum Gasteiger partial charge on any atom is 0.323 e. The van der Waals surface area contributed by atoms with Gasteiger partial charge in [0.2, 0.25) is 0 Å². The van der Waals surface area contributed by atoms with Crippen LogP contribution in [0.4, 0.5) is 10.2 Å². The maximum atomic E-state index is 13.6. The molecule has 0 saturated heterocycles. The first-order valence-corrected chi connectivity index (χ1v) is 12.0. The first kappa shape index (κ1) is 25.2. The summed E-state index contributed by atoms with van der Waals surface area (Å²) in [6.45, 7) is 4.56. The van der Waals surface area contributed by atoms with E-state index in [2.05, 4.69) is 25.1 Å². The minimum atomic E-state index is -3.94. The molecular weight excluding hydrogens is 468 g/mol. The van der Waals surface area contributed by atoms with Crippen LogP contribution in [0.15, 0.2) is 36.9 Å². The molecule has 1 amide bonds. The van der Waals surface area contributed by atoms with Crippen molar-refractivity contribution < 1.29 is 28.4 Å². The molecule has 34 heavy (non-hydrogen) atoms. The number of halogens is 1. The minimum Gasteiger partial charge on any atom is -0.480 e. The molecule has 1 aromatic carbocycles. The number of carboxylic acid groups (broad SMARTS) is 1. The third kappa shape index (κ3) is 5.93. The second kappa shape index (κ2) is 9.84. The Morgan fingerprint density at radius 2 is 1.94 bits per heavy atom. The average molecular weight is 493 g/mol. The Morgan fingerprint density at radius 3 is 2.59 bits per heavy atom. The number of nitrogen functional groups attached to an aromatic ring is 1. The van der Waals surface area contributed by atoms with Gasteiger partial charge in [0.1, 0.15) is 29.5 Å². The summed E-state index contributed by atoms with van der Waals surface area (Å²) in [5.41, 5.74) is 5.11. The molecule has 0 spiro atoms. The number of fused-ring (bicyclic) bond motifs is 1. The number of amides is 1. The van der Waals surface area contributed by atoms with Gasteiger partial charge in [-0.3, -0.25) is 19.2 Å². The molecule has 2 aromatic heterocycles. The summed E-state index contributed by atoms with van der Waals surface area (Å²) >= 11 is 0. The van der Waals surface area contributed by atoms with Gasteiger partial charge in [-0.2, -0.15) is 0 Å². The van der Waals surface area contributed by atoms with Crippen LogP contribution >= 0.6 is 7.44 Å². The fourth-order valence-corrected chi connectivity index (χ4v) is 5.12. The van der Waals surface area contributed by atoms with Crippen molar-refractivity contribution in [1.29, 1.82) is 0 Å². The lowest BCUT2D eigenvalue weighted by Gasteiger charge is -2.29. The molecular formula is C20H25FN7O5P. The lowest BCUT2D eigenvalue weighted by molar-refractivity contribution is -0.142. The number of aromatic nitrogens is 4. The summed E-state index contributed by atoms with van der Waals surface area (Å²) < 4.78 is 34.2. The number of nitrogens with two attached hydrogens (primary N) is 1. The molecule has 14 heteroatoms. The van der Waals surface area contributed by atoms with Gasteiger partial charge in [-0.15, -0.1) is 0 Å². The lowest BCUT2D eigenvalue weighted by Crippen LogP contribution is -2.48. The molecule has 2 heterocycles. The van der Waals surface area contributed by atoms with Crippen LogP contribution in [0.2, 0.25) is 0 Å². The second-order valence-electron chi connectivity index (χ2n) is 8.16. The van der Waals surface area contributed by atoms with Crippen LogP contribution in [0.3, 0.4) is 0 Å². The summed E-state index contributed by atoms with van der Waals surface area (Å²) in [5, 5.41) is 14.3. The van der Waals surface area contributed by atoms with E-state index >= 15 is 0 Å². The largest absolute Gasteiger partial charge is 0.480 e. The van der Waals surface area contributed by atoms with Gasteiger partial charge >= 0.3 is 5.97 Å². The van der Waals surface area contributed by atoms with Crippen LogP contribution in [-0.2, 0) is 20.6 Å². The van der Waals surface area contributed by atoms with Crippen LogP contribution in [0.25, 0.3) is 11.2 Å². The Kier molecular flexibility index (Phi) is 7.29. The molecule has 0 aliphatic carbocycles. The van der Waals surface area contributed by atoms with Crippen molar-refractivity contribution in [3.63, 3.8) is 0 Å². The van der Waals surface area contributed by atoms with E-state index in [-0.39, 0.29) is 17.9 Å². The van der Waals surface area contributed by atoms with Crippen molar-refractivity contribution in [2.24, 2.45) is 0 Å². The zero-order valence-electron chi connectivity index (χ0n) is 18.7. The summed E-state index contributed by atoms with van der Waals surface area (Å²) in [6, 6.07) is 4.61. The standard InChI is InChI=1S/C20H25FN7O5P/c1-12(8-28-10-25-15-16(22)23-9-24-17(15)28)33-11-34(32,27-20(2,3)19(30)31)26-18(29)13-4-6-14(21)7-5-13/h4-7,9-10,12H,8,11H2,1-3H3,(H,30,31)(H2,22,23,24)(H2,26,27,29,32). The summed E-state index contributed by atoms with van der Waals surface area (Å²) in [5.74, 6) is -2.37. The van der Waals surface area contributed by atoms with Crippen molar-refractivity contribution in [3.05, 3.63) is 48.3 Å². The van der Waals surface area contributed by atoms with Crippen LogP contribution in [0.5, 0.6) is 0 Å². The van der Waals surface area contributed by atoms with E-state index in [4.69, 9.17) is 10.5 Å². The normalized spacial score (nSPS) is 14.5. The van der Waals surface area contributed by atoms with E-state index in [1.54, 1.807) is 11.5 Å². The molecule has 0 fully saturated rings. The van der Waals surface area contributed by atoms with Crippen molar-refractivity contribution >= 4 is 36.3 Å². The van der Waals surface area contributed by atoms with E-state index in [0.717, 1.165) is 12.1 Å². The molecule has 2 unspecified atom stereocenters. The molecule has 0 saturated carbocycles. The number of carboxylic acids is 1. The highest BCUT2D eigenvalue weighted by atomic mass is 31.2. The average Bonchev–Trinajstić information content (AvgIpc) is 3.16. The van der Waals surface area contributed by atoms with E-state index in [1.165, 1.54) is 38.6 Å². The highest BCUT2D eigenvalue weighted by Crippen LogP contribution is 2.39. The van der Waals surface area contributed by atoms with Crippen LogP contribution in [0.1, 0.15) is 31.1 Å². The Morgan fingerprint density at radius 1 is 1.26 bits per heavy atom. The molecule has 0 radical (unpaired) electrons. The topological polar surface area (TPSA) is 174 Å².